The third-order valence-corrected chi connectivity index (χ3v) is 3.07. The number of rotatable bonds is 2. The van der Waals surface area contributed by atoms with E-state index >= 15 is 0 Å². The molecule has 1 aliphatic rings. The van der Waals surface area contributed by atoms with Gasteiger partial charge in [-0.25, -0.2) is 13.6 Å². The van der Waals surface area contributed by atoms with Crippen LogP contribution in [0.25, 0.3) is 0 Å². The molecule has 1 saturated carbocycles. The van der Waals surface area contributed by atoms with Crippen molar-refractivity contribution >= 4 is 5.97 Å². The van der Waals surface area contributed by atoms with E-state index in [2.05, 4.69) is 0 Å². The van der Waals surface area contributed by atoms with Gasteiger partial charge >= 0.3 is 41.5 Å². The summed E-state index contributed by atoms with van der Waals surface area (Å²) in [6.07, 6.45) is -6.66. The van der Waals surface area contributed by atoms with E-state index in [1.54, 1.807) is 0 Å². The Hall–Kier alpha value is -1.70. The summed E-state index contributed by atoms with van der Waals surface area (Å²) in [5, 5.41) is 8.01. The first-order valence-corrected chi connectivity index (χ1v) is 5.13. The fourth-order valence-corrected chi connectivity index (χ4v) is 1.81. The molecule has 0 aromatic rings. The maximum absolute atomic E-state index is 13.7. The van der Waals surface area contributed by atoms with Crippen LogP contribution in [0, 0.1) is 0 Å². The van der Waals surface area contributed by atoms with Crippen LogP contribution in [0.4, 0.5) is 57.1 Å². The van der Waals surface area contributed by atoms with Crippen LogP contribution < -0.4 is 0 Å². The molecular weight excluding hydrogens is 387 g/mol. The van der Waals surface area contributed by atoms with E-state index in [0.29, 0.717) is 0 Å². The Bertz CT molecular complexity index is 573. The molecule has 0 amide bonds. The molecule has 1 rings (SSSR count). The first-order chi connectivity index (χ1) is 10.2. The highest BCUT2D eigenvalue weighted by atomic mass is 19.4. The van der Waals surface area contributed by atoms with Crippen molar-refractivity contribution in [3.8, 4) is 0 Å². The van der Waals surface area contributed by atoms with Crippen LogP contribution in [-0.2, 0) is 4.79 Å². The summed E-state index contributed by atoms with van der Waals surface area (Å²) >= 11 is 0. The van der Waals surface area contributed by atoms with Gasteiger partial charge in [-0.15, -0.1) is 0 Å². The van der Waals surface area contributed by atoms with Crippen LogP contribution >= 0.6 is 0 Å². The Kier molecular flexibility index (Phi) is 3.97. The minimum absolute atomic E-state index is 3.68. The van der Waals surface area contributed by atoms with Crippen molar-refractivity contribution in [2.75, 3.05) is 0 Å². The lowest BCUT2D eigenvalue weighted by Gasteiger charge is -2.30. The predicted octanol–water partition coefficient (Wildman–Crippen LogP) is 4.12. The van der Waals surface area contributed by atoms with Crippen molar-refractivity contribution in [3.63, 3.8) is 0 Å². The van der Waals surface area contributed by atoms with Crippen LogP contribution in [0.2, 0.25) is 0 Å². The van der Waals surface area contributed by atoms with Gasteiger partial charge in [0, 0.05) is 0 Å². The summed E-state index contributed by atoms with van der Waals surface area (Å²) in [7, 11) is 0. The van der Waals surface area contributed by atoms with Gasteiger partial charge in [0.05, 0.1) is 0 Å². The molecule has 1 aliphatic carbocycles. The minimum atomic E-state index is -7.43. The highest BCUT2D eigenvalue weighted by Gasteiger charge is 3.02. The van der Waals surface area contributed by atoms with E-state index in [0.717, 1.165) is 0 Å². The van der Waals surface area contributed by atoms with Crippen molar-refractivity contribution < 1.29 is 67.0 Å². The number of alkyl halides is 12. The topological polar surface area (TPSA) is 37.3 Å². The van der Waals surface area contributed by atoms with Gasteiger partial charge in [-0.1, -0.05) is 0 Å². The summed E-state index contributed by atoms with van der Waals surface area (Å²) in [6.45, 7) is 0. The molecule has 0 aromatic heterocycles. The molecule has 24 heavy (non-hydrogen) atoms. The van der Waals surface area contributed by atoms with E-state index in [9.17, 15) is 61.9 Å². The summed E-state index contributed by atoms with van der Waals surface area (Å²) in [5.41, 5.74) is -11.4. The van der Waals surface area contributed by atoms with E-state index in [1.807, 2.05) is 0 Å². The Morgan fingerprint density at radius 2 is 1.00 bits per heavy atom. The minimum Gasteiger partial charge on any atom is -0.478 e. The van der Waals surface area contributed by atoms with Crippen molar-refractivity contribution in [2.45, 2.75) is 35.5 Å². The monoisotopic (exact) mass is 388 g/mol. The van der Waals surface area contributed by atoms with Crippen LogP contribution in [0.15, 0.2) is 11.4 Å². The van der Waals surface area contributed by atoms with Gasteiger partial charge in [-0.2, -0.15) is 48.3 Å². The molecule has 0 unspecified atom stereocenters. The lowest BCUT2D eigenvalue weighted by atomic mass is 9.92. The molecule has 0 aromatic carbocycles. The summed E-state index contributed by atoms with van der Waals surface area (Å²) < 4.78 is 167. The molecule has 1 fully saturated rings. The summed E-state index contributed by atoms with van der Waals surface area (Å²) in [4.78, 5) is 10.2. The average molecular weight is 388 g/mol. The number of hydrogen-bond acceptors (Lipinski definition) is 1. The second-order valence-electron chi connectivity index (χ2n) is 4.45. The SMILES string of the molecule is O=C(O)C(=C(F)C1(F)C(F)(F)C(F)(F)C(F)(F)C1(F)F)C(F)(F)F. The van der Waals surface area contributed by atoms with E-state index < -0.39 is 52.9 Å². The molecule has 0 heterocycles. The van der Waals surface area contributed by atoms with Crippen molar-refractivity contribution in [2.24, 2.45) is 0 Å². The molecule has 1 N–H and O–H groups in total. The Morgan fingerprint density at radius 1 is 0.708 bits per heavy atom. The normalized spacial score (nSPS) is 27.5. The molecular formula is C9HF13O2. The first kappa shape index (κ1) is 20.3. The van der Waals surface area contributed by atoms with Crippen molar-refractivity contribution in [3.05, 3.63) is 11.4 Å². The molecule has 2 nitrogen and oxygen atoms in total. The zero-order chi connectivity index (χ0) is 19.7. The van der Waals surface area contributed by atoms with Crippen LogP contribution in [0.3, 0.4) is 0 Å². The second kappa shape index (κ2) is 4.68. The summed E-state index contributed by atoms with van der Waals surface area (Å²) in [5.74, 6) is -37.9. The fourth-order valence-electron chi connectivity index (χ4n) is 1.81. The van der Waals surface area contributed by atoms with Gasteiger partial charge in [0.1, 0.15) is 0 Å². The van der Waals surface area contributed by atoms with E-state index in [-0.39, 0.29) is 0 Å². The number of hydrogen-bond donors (Lipinski definition) is 1. The number of allylic oxidation sites excluding steroid dienone is 1. The molecule has 140 valence electrons. The van der Waals surface area contributed by atoms with E-state index in [4.69, 9.17) is 5.11 Å². The smallest absolute Gasteiger partial charge is 0.426 e. The predicted molar refractivity (Wildman–Crippen MR) is 45.5 cm³/mol. The highest BCUT2D eigenvalue weighted by molar-refractivity contribution is 5.89. The van der Waals surface area contributed by atoms with Gasteiger partial charge in [0.25, 0.3) is 0 Å². The third-order valence-electron chi connectivity index (χ3n) is 3.07. The Morgan fingerprint density at radius 3 is 1.21 bits per heavy atom. The number of carboxylic acids is 1. The number of halogens is 13. The first-order valence-electron chi connectivity index (χ1n) is 5.13. The second-order valence-corrected chi connectivity index (χ2v) is 4.45. The molecule has 0 spiro atoms. The molecule has 0 bridgehead atoms. The quantitative estimate of drug-likeness (QED) is 0.571. The maximum Gasteiger partial charge on any atom is 0.426 e. The highest BCUT2D eigenvalue weighted by Crippen LogP contribution is 2.71. The Balaban J connectivity index is 4.00. The lowest BCUT2D eigenvalue weighted by Crippen LogP contribution is -2.56. The molecule has 0 aliphatic heterocycles. The van der Waals surface area contributed by atoms with Gasteiger partial charge in [0.2, 0.25) is 0 Å². The average Bonchev–Trinajstić information content (AvgIpc) is 2.37. The molecule has 0 radical (unpaired) electrons. The lowest BCUT2D eigenvalue weighted by molar-refractivity contribution is -0.303. The number of carboxylic acid groups (broad SMARTS) is 1. The van der Waals surface area contributed by atoms with Gasteiger partial charge in [0.15, 0.2) is 11.4 Å². The van der Waals surface area contributed by atoms with Crippen LogP contribution in [0.1, 0.15) is 0 Å². The third kappa shape index (κ3) is 1.89. The van der Waals surface area contributed by atoms with Crippen molar-refractivity contribution in [1.29, 1.82) is 0 Å². The van der Waals surface area contributed by atoms with Gasteiger partial charge in [-0.05, 0) is 0 Å². The number of aliphatic carboxylic acids is 1. The summed E-state index contributed by atoms with van der Waals surface area (Å²) in [6, 6.07) is 0. The maximum atomic E-state index is 13.7. The van der Waals surface area contributed by atoms with Crippen LogP contribution in [0.5, 0.6) is 0 Å². The van der Waals surface area contributed by atoms with E-state index in [1.165, 1.54) is 0 Å². The zero-order valence-corrected chi connectivity index (χ0v) is 10.3. The number of carbonyl (C=O) groups is 1. The van der Waals surface area contributed by atoms with Gasteiger partial charge < -0.3 is 5.11 Å². The molecule has 0 saturated heterocycles. The largest absolute Gasteiger partial charge is 0.478 e. The fraction of sp³-hybridized carbons (Fsp3) is 0.667. The van der Waals surface area contributed by atoms with Crippen LogP contribution in [-0.4, -0.2) is 46.6 Å². The molecule has 0 atom stereocenters. The Labute approximate surface area is 121 Å². The van der Waals surface area contributed by atoms with Gasteiger partial charge in [-0.3, -0.25) is 0 Å². The van der Waals surface area contributed by atoms with Crippen molar-refractivity contribution in [1.82, 2.24) is 0 Å². The standard InChI is InChI=1S/C9HF13O2/c10-2(1(3(23)24)5(12,13)14)4(11)6(15,16)8(19,20)9(21,22)7(4,17)18/h(H,23,24). The molecule has 15 heteroatoms. The zero-order valence-electron chi connectivity index (χ0n) is 10.3.